The second kappa shape index (κ2) is 5.18. The lowest BCUT2D eigenvalue weighted by Gasteiger charge is -2.14. The third-order valence-corrected chi connectivity index (χ3v) is 2.57. The van der Waals surface area contributed by atoms with Crippen LogP contribution in [-0.2, 0) is 4.79 Å². The van der Waals surface area contributed by atoms with Gasteiger partial charge in [0.05, 0.1) is 7.11 Å². The number of rotatable bonds is 4. The van der Waals surface area contributed by atoms with Crippen molar-refractivity contribution in [1.29, 1.82) is 0 Å². The minimum atomic E-state index is -0.649. The summed E-state index contributed by atoms with van der Waals surface area (Å²) in [6.07, 6.45) is -0.0346. The highest BCUT2D eigenvalue weighted by Gasteiger charge is 2.17. The first-order chi connectivity index (χ1) is 7.45. The molecular weight excluding hydrogens is 276 g/mol. The molecule has 1 aromatic carbocycles. The number of hydrogen-bond acceptors (Lipinski definition) is 4. The fourth-order valence-corrected chi connectivity index (χ4v) is 1.81. The number of carbonyl (C=O) groups excluding carboxylic acids is 1. The van der Waals surface area contributed by atoms with E-state index in [2.05, 4.69) is 15.9 Å². The van der Waals surface area contributed by atoms with Crippen LogP contribution in [0.5, 0.6) is 11.5 Å². The molecular formula is C10H13BrN2O3. The first-order valence-corrected chi connectivity index (χ1v) is 5.35. The number of hydrogen-bond donors (Lipinski definition) is 3. The molecule has 5 N–H and O–H groups in total. The number of aromatic hydroxyl groups is 1. The Morgan fingerprint density at radius 2 is 2.25 bits per heavy atom. The molecule has 0 aliphatic heterocycles. The molecule has 1 amide bonds. The molecule has 0 spiro atoms. The molecule has 1 rings (SSSR count). The summed E-state index contributed by atoms with van der Waals surface area (Å²) >= 11 is 3.26. The molecule has 1 atom stereocenters. The number of carbonyl (C=O) groups is 1. The van der Waals surface area contributed by atoms with Crippen LogP contribution in [0.25, 0.3) is 0 Å². The average molecular weight is 289 g/mol. The fourth-order valence-electron chi connectivity index (χ4n) is 1.36. The third kappa shape index (κ3) is 2.86. The van der Waals surface area contributed by atoms with E-state index in [1.165, 1.54) is 7.11 Å². The predicted octanol–water partition coefficient (Wildman–Crippen LogP) is 1.04. The van der Waals surface area contributed by atoms with Crippen LogP contribution in [-0.4, -0.2) is 18.1 Å². The van der Waals surface area contributed by atoms with E-state index in [1.807, 2.05) is 0 Å². The average Bonchev–Trinajstić information content (AvgIpc) is 2.19. The first kappa shape index (κ1) is 12.8. The summed E-state index contributed by atoms with van der Waals surface area (Å²) in [5.74, 6) is -0.297. The van der Waals surface area contributed by atoms with E-state index in [1.54, 1.807) is 12.1 Å². The van der Waals surface area contributed by atoms with Crippen LogP contribution in [0.15, 0.2) is 16.6 Å². The second-order valence-corrected chi connectivity index (χ2v) is 4.24. The standard InChI is InChI=1S/C10H13BrN2O3/c1-16-8-3-5(11)2-6(10(8)15)7(12)4-9(13)14/h2-3,7,15H,4,12H2,1H3,(H2,13,14). The van der Waals surface area contributed by atoms with E-state index >= 15 is 0 Å². The number of methoxy groups -OCH3 is 1. The lowest BCUT2D eigenvalue weighted by molar-refractivity contribution is -0.118. The zero-order valence-corrected chi connectivity index (χ0v) is 10.3. The Hall–Kier alpha value is -1.27. The molecule has 6 heteroatoms. The fraction of sp³-hybridized carbons (Fsp3) is 0.300. The van der Waals surface area contributed by atoms with E-state index in [9.17, 15) is 9.90 Å². The molecule has 1 aromatic rings. The van der Waals surface area contributed by atoms with Gasteiger partial charge in [-0.15, -0.1) is 0 Å². The highest BCUT2D eigenvalue weighted by molar-refractivity contribution is 9.10. The normalized spacial score (nSPS) is 12.2. The van der Waals surface area contributed by atoms with Crippen LogP contribution in [0.4, 0.5) is 0 Å². The topological polar surface area (TPSA) is 98.6 Å². The number of benzene rings is 1. The molecule has 0 bridgehead atoms. The molecule has 0 saturated heterocycles. The number of halogens is 1. The minimum absolute atomic E-state index is 0.0346. The Morgan fingerprint density at radius 1 is 1.62 bits per heavy atom. The van der Waals surface area contributed by atoms with Crippen molar-refractivity contribution in [3.05, 3.63) is 22.2 Å². The zero-order chi connectivity index (χ0) is 12.3. The number of primary amides is 1. The summed E-state index contributed by atoms with van der Waals surface area (Å²) in [6.45, 7) is 0. The van der Waals surface area contributed by atoms with E-state index in [4.69, 9.17) is 16.2 Å². The summed E-state index contributed by atoms with van der Waals surface area (Å²) in [5, 5.41) is 9.82. The monoisotopic (exact) mass is 288 g/mol. The van der Waals surface area contributed by atoms with Gasteiger partial charge in [-0.05, 0) is 12.1 Å². The predicted molar refractivity (Wildman–Crippen MR) is 63.1 cm³/mol. The summed E-state index contributed by atoms with van der Waals surface area (Å²) in [4.78, 5) is 10.8. The molecule has 5 nitrogen and oxygen atoms in total. The molecule has 0 aliphatic rings. The van der Waals surface area contributed by atoms with E-state index in [0.717, 1.165) is 0 Å². The van der Waals surface area contributed by atoms with Crippen molar-refractivity contribution in [3.63, 3.8) is 0 Å². The molecule has 0 fully saturated rings. The quantitative estimate of drug-likeness (QED) is 0.771. The van der Waals surface area contributed by atoms with Crippen molar-refractivity contribution in [1.82, 2.24) is 0 Å². The van der Waals surface area contributed by atoms with Gasteiger partial charge in [0.2, 0.25) is 5.91 Å². The Kier molecular flexibility index (Phi) is 4.14. The summed E-state index contributed by atoms with van der Waals surface area (Å²) in [5.41, 5.74) is 11.2. The molecule has 0 aliphatic carbocycles. The first-order valence-electron chi connectivity index (χ1n) is 4.56. The number of amides is 1. The van der Waals surface area contributed by atoms with Gasteiger partial charge >= 0.3 is 0 Å². The van der Waals surface area contributed by atoms with Gasteiger partial charge in [-0.2, -0.15) is 0 Å². The zero-order valence-electron chi connectivity index (χ0n) is 8.74. The van der Waals surface area contributed by atoms with Crippen molar-refractivity contribution in [3.8, 4) is 11.5 Å². The highest BCUT2D eigenvalue weighted by atomic mass is 79.9. The van der Waals surface area contributed by atoms with Gasteiger partial charge in [-0.1, -0.05) is 15.9 Å². The van der Waals surface area contributed by atoms with Crippen LogP contribution in [0.3, 0.4) is 0 Å². The second-order valence-electron chi connectivity index (χ2n) is 3.32. The third-order valence-electron chi connectivity index (χ3n) is 2.11. The summed E-state index contributed by atoms with van der Waals surface area (Å²) < 4.78 is 5.68. The Labute approximate surface area is 102 Å². The van der Waals surface area contributed by atoms with Crippen LogP contribution in [0, 0.1) is 0 Å². The van der Waals surface area contributed by atoms with Crippen LogP contribution in [0.1, 0.15) is 18.0 Å². The minimum Gasteiger partial charge on any atom is -0.504 e. The van der Waals surface area contributed by atoms with Crippen molar-refractivity contribution in [2.75, 3.05) is 7.11 Å². The SMILES string of the molecule is COc1cc(Br)cc(C(N)CC(N)=O)c1O. The lowest BCUT2D eigenvalue weighted by Crippen LogP contribution is -2.20. The number of nitrogens with two attached hydrogens (primary N) is 2. The Bertz CT molecular complexity index is 409. The smallest absolute Gasteiger partial charge is 0.219 e. The van der Waals surface area contributed by atoms with E-state index in [-0.39, 0.29) is 12.2 Å². The maximum atomic E-state index is 10.8. The van der Waals surface area contributed by atoms with Gasteiger partial charge in [-0.25, -0.2) is 0 Å². The van der Waals surface area contributed by atoms with Crippen LogP contribution >= 0.6 is 15.9 Å². The number of ether oxygens (including phenoxy) is 1. The van der Waals surface area contributed by atoms with Crippen LogP contribution in [0.2, 0.25) is 0 Å². The number of phenols is 1. The van der Waals surface area contributed by atoms with Gasteiger partial charge in [0.15, 0.2) is 11.5 Å². The van der Waals surface area contributed by atoms with Gasteiger partial charge in [0, 0.05) is 22.5 Å². The molecule has 0 saturated carbocycles. The summed E-state index contributed by atoms with van der Waals surface area (Å²) in [7, 11) is 1.44. The summed E-state index contributed by atoms with van der Waals surface area (Å²) in [6, 6.07) is 2.59. The van der Waals surface area contributed by atoms with E-state index in [0.29, 0.717) is 15.8 Å². The lowest BCUT2D eigenvalue weighted by atomic mass is 10.0. The highest BCUT2D eigenvalue weighted by Crippen LogP contribution is 2.36. The van der Waals surface area contributed by atoms with Crippen molar-refractivity contribution in [2.45, 2.75) is 12.5 Å². The van der Waals surface area contributed by atoms with Crippen molar-refractivity contribution >= 4 is 21.8 Å². The van der Waals surface area contributed by atoms with Gasteiger partial charge in [-0.3, -0.25) is 4.79 Å². The number of phenolic OH excluding ortho intramolecular Hbond substituents is 1. The Morgan fingerprint density at radius 3 is 2.75 bits per heavy atom. The molecule has 88 valence electrons. The Balaban J connectivity index is 3.12. The van der Waals surface area contributed by atoms with Crippen LogP contribution < -0.4 is 16.2 Å². The molecule has 0 heterocycles. The molecule has 1 unspecified atom stereocenters. The molecule has 0 radical (unpaired) electrons. The van der Waals surface area contributed by atoms with Gasteiger partial charge in [0.1, 0.15) is 0 Å². The maximum absolute atomic E-state index is 10.8. The molecule has 16 heavy (non-hydrogen) atoms. The van der Waals surface area contributed by atoms with Gasteiger partial charge in [0.25, 0.3) is 0 Å². The largest absolute Gasteiger partial charge is 0.504 e. The van der Waals surface area contributed by atoms with Gasteiger partial charge < -0.3 is 21.3 Å². The maximum Gasteiger partial charge on any atom is 0.219 e. The van der Waals surface area contributed by atoms with E-state index < -0.39 is 11.9 Å². The van der Waals surface area contributed by atoms with Crippen molar-refractivity contribution < 1.29 is 14.6 Å². The van der Waals surface area contributed by atoms with Crippen molar-refractivity contribution in [2.24, 2.45) is 11.5 Å². The molecule has 0 aromatic heterocycles.